The smallest absolute Gasteiger partial charge is 0.159 e. The molecular weight excluding hydrogens is 202 g/mol. The molecule has 78 valence electrons. The van der Waals surface area contributed by atoms with E-state index in [9.17, 15) is 8.78 Å². The monoisotopic (exact) mass is 210 g/mol. The van der Waals surface area contributed by atoms with Gasteiger partial charge in [0.15, 0.2) is 11.6 Å². The molecule has 0 aliphatic heterocycles. The Kier molecular flexibility index (Phi) is 2.47. The van der Waals surface area contributed by atoms with Gasteiger partial charge in [0.05, 0.1) is 18.5 Å². The lowest BCUT2D eigenvalue weighted by Crippen LogP contribution is -1.87. The van der Waals surface area contributed by atoms with E-state index in [1.165, 1.54) is 12.3 Å². The molecule has 5 heteroatoms. The van der Waals surface area contributed by atoms with Gasteiger partial charge < -0.3 is 10.1 Å². The molecule has 0 saturated carbocycles. The van der Waals surface area contributed by atoms with Crippen molar-refractivity contribution in [2.45, 2.75) is 6.61 Å². The van der Waals surface area contributed by atoms with Crippen molar-refractivity contribution in [2.75, 3.05) is 0 Å². The molecule has 0 fully saturated rings. The molecule has 1 aromatic heterocycles. The van der Waals surface area contributed by atoms with Crippen LogP contribution >= 0.6 is 0 Å². The molecule has 0 radical (unpaired) electrons. The average Bonchev–Trinajstić information content (AvgIpc) is 2.70. The molecule has 0 amide bonds. The summed E-state index contributed by atoms with van der Waals surface area (Å²) in [4.78, 5) is 6.70. The van der Waals surface area contributed by atoms with E-state index in [-0.39, 0.29) is 6.61 Å². The number of rotatable bonds is 2. The maximum atomic E-state index is 12.9. The Balaban J connectivity index is 2.40. The van der Waals surface area contributed by atoms with Gasteiger partial charge in [0, 0.05) is 5.56 Å². The van der Waals surface area contributed by atoms with Gasteiger partial charge >= 0.3 is 0 Å². The highest BCUT2D eigenvalue weighted by atomic mass is 19.2. The Bertz CT molecular complexity index is 482. The fraction of sp³-hybridized carbons (Fsp3) is 0.100. The number of nitrogens with one attached hydrogen (secondary N) is 1. The number of halogens is 2. The van der Waals surface area contributed by atoms with Gasteiger partial charge in [0.25, 0.3) is 0 Å². The summed E-state index contributed by atoms with van der Waals surface area (Å²) in [6, 6.07) is 3.50. The highest BCUT2D eigenvalue weighted by molar-refractivity contribution is 5.55. The van der Waals surface area contributed by atoms with Gasteiger partial charge in [-0.3, -0.25) is 0 Å². The van der Waals surface area contributed by atoms with Crippen molar-refractivity contribution >= 4 is 0 Å². The molecule has 1 heterocycles. The summed E-state index contributed by atoms with van der Waals surface area (Å²) in [6.45, 7) is -0.170. The summed E-state index contributed by atoms with van der Waals surface area (Å²) >= 11 is 0. The van der Waals surface area contributed by atoms with Crippen LogP contribution in [0.1, 0.15) is 5.69 Å². The Morgan fingerprint density at radius 1 is 1.27 bits per heavy atom. The van der Waals surface area contributed by atoms with Crippen LogP contribution in [0.15, 0.2) is 24.4 Å². The van der Waals surface area contributed by atoms with E-state index in [1.54, 1.807) is 0 Å². The van der Waals surface area contributed by atoms with Crippen LogP contribution in [0.25, 0.3) is 11.4 Å². The molecule has 0 aliphatic rings. The number of aromatic nitrogens is 2. The maximum Gasteiger partial charge on any atom is 0.159 e. The molecule has 2 rings (SSSR count). The van der Waals surface area contributed by atoms with Crippen molar-refractivity contribution in [3.63, 3.8) is 0 Å². The number of aromatic amines is 1. The number of aliphatic hydroxyl groups excluding tert-OH is 1. The largest absolute Gasteiger partial charge is 0.390 e. The van der Waals surface area contributed by atoms with Crippen LogP contribution in [0.3, 0.4) is 0 Å². The van der Waals surface area contributed by atoms with Crippen molar-refractivity contribution in [2.24, 2.45) is 0 Å². The number of hydrogen-bond donors (Lipinski definition) is 2. The molecule has 0 aliphatic carbocycles. The van der Waals surface area contributed by atoms with Crippen LogP contribution in [-0.2, 0) is 6.61 Å². The molecule has 15 heavy (non-hydrogen) atoms. The minimum Gasteiger partial charge on any atom is -0.390 e. The summed E-state index contributed by atoms with van der Waals surface area (Å²) in [5.41, 5.74) is 0.961. The molecule has 0 unspecified atom stereocenters. The summed E-state index contributed by atoms with van der Waals surface area (Å²) < 4.78 is 25.5. The third-order valence-electron chi connectivity index (χ3n) is 1.99. The average molecular weight is 210 g/mol. The number of nitrogens with zero attached hydrogens (tertiary/aromatic N) is 1. The van der Waals surface area contributed by atoms with Crippen LogP contribution in [-0.4, -0.2) is 15.1 Å². The molecule has 1 aromatic carbocycles. The zero-order valence-corrected chi connectivity index (χ0v) is 7.67. The zero-order valence-electron chi connectivity index (χ0n) is 7.67. The Morgan fingerprint density at radius 3 is 2.67 bits per heavy atom. The zero-order chi connectivity index (χ0) is 10.8. The maximum absolute atomic E-state index is 12.9. The van der Waals surface area contributed by atoms with E-state index in [0.717, 1.165) is 12.1 Å². The van der Waals surface area contributed by atoms with Gasteiger partial charge in [-0.1, -0.05) is 0 Å². The van der Waals surface area contributed by atoms with Crippen LogP contribution in [0.4, 0.5) is 8.78 Å². The number of imidazole rings is 1. The minimum atomic E-state index is -0.922. The molecule has 2 N–H and O–H groups in total. The van der Waals surface area contributed by atoms with E-state index in [2.05, 4.69) is 9.97 Å². The second-order valence-electron chi connectivity index (χ2n) is 3.04. The Hall–Kier alpha value is -1.75. The molecule has 0 atom stereocenters. The normalized spacial score (nSPS) is 10.6. The SMILES string of the molecule is OCc1cnc(-c2ccc(F)c(F)c2)[nH]1. The lowest BCUT2D eigenvalue weighted by molar-refractivity contribution is 0.277. The van der Waals surface area contributed by atoms with Crippen molar-refractivity contribution in [3.8, 4) is 11.4 Å². The highest BCUT2D eigenvalue weighted by Gasteiger charge is 2.07. The number of benzene rings is 1. The number of hydrogen-bond acceptors (Lipinski definition) is 2. The summed E-state index contributed by atoms with van der Waals surface area (Å²) in [5.74, 6) is -1.42. The predicted octanol–water partition coefficient (Wildman–Crippen LogP) is 1.85. The second kappa shape index (κ2) is 3.78. The Labute approximate surface area is 84.4 Å². The van der Waals surface area contributed by atoms with Crippen LogP contribution in [0, 0.1) is 11.6 Å². The first-order chi connectivity index (χ1) is 7.20. The Morgan fingerprint density at radius 2 is 2.07 bits per heavy atom. The summed E-state index contributed by atoms with van der Waals surface area (Å²) in [7, 11) is 0. The molecule has 0 spiro atoms. The number of H-pyrrole nitrogens is 1. The van der Waals surface area contributed by atoms with E-state index < -0.39 is 11.6 Å². The van der Waals surface area contributed by atoms with Gasteiger partial charge in [-0.15, -0.1) is 0 Å². The van der Waals surface area contributed by atoms with Crippen molar-refractivity contribution in [1.29, 1.82) is 0 Å². The van der Waals surface area contributed by atoms with Gasteiger partial charge in [0.1, 0.15) is 5.82 Å². The lowest BCUT2D eigenvalue weighted by atomic mass is 10.2. The lowest BCUT2D eigenvalue weighted by Gasteiger charge is -1.97. The van der Waals surface area contributed by atoms with E-state index in [0.29, 0.717) is 17.1 Å². The van der Waals surface area contributed by atoms with Crippen LogP contribution < -0.4 is 0 Å². The van der Waals surface area contributed by atoms with Crippen molar-refractivity contribution in [3.05, 3.63) is 41.7 Å². The van der Waals surface area contributed by atoms with Crippen molar-refractivity contribution in [1.82, 2.24) is 9.97 Å². The number of aliphatic hydroxyl groups is 1. The first kappa shape index (κ1) is 9.79. The minimum absolute atomic E-state index is 0.170. The highest BCUT2D eigenvalue weighted by Crippen LogP contribution is 2.18. The van der Waals surface area contributed by atoms with Crippen molar-refractivity contribution < 1.29 is 13.9 Å². The van der Waals surface area contributed by atoms with Gasteiger partial charge in [-0.05, 0) is 18.2 Å². The first-order valence-corrected chi connectivity index (χ1v) is 4.31. The topological polar surface area (TPSA) is 48.9 Å². The first-order valence-electron chi connectivity index (χ1n) is 4.31. The van der Waals surface area contributed by atoms with Crippen LogP contribution in [0.2, 0.25) is 0 Å². The molecular formula is C10H8F2N2O. The van der Waals surface area contributed by atoms with Gasteiger partial charge in [-0.2, -0.15) is 0 Å². The van der Waals surface area contributed by atoms with E-state index in [1.807, 2.05) is 0 Å². The molecule has 2 aromatic rings. The summed E-state index contributed by atoms with van der Waals surface area (Å²) in [5, 5.41) is 8.79. The van der Waals surface area contributed by atoms with E-state index >= 15 is 0 Å². The van der Waals surface area contributed by atoms with Gasteiger partial charge in [0.2, 0.25) is 0 Å². The third kappa shape index (κ3) is 1.87. The molecule has 0 bridgehead atoms. The third-order valence-corrected chi connectivity index (χ3v) is 1.99. The molecule has 0 saturated heterocycles. The quantitative estimate of drug-likeness (QED) is 0.794. The van der Waals surface area contributed by atoms with E-state index in [4.69, 9.17) is 5.11 Å². The van der Waals surface area contributed by atoms with Crippen LogP contribution in [0.5, 0.6) is 0 Å². The second-order valence-corrected chi connectivity index (χ2v) is 3.04. The predicted molar refractivity (Wildman–Crippen MR) is 49.9 cm³/mol. The summed E-state index contributed by atoms with van der Waals surface area (Å²) in [6.07, 6.45) is 1.44. The molecule has 3 nitrogen and oxygen atoms in total. The standard InChI is InChI=1S/C10H8F2N2O/c11-8-2-1-6(3-9(8)12)10-13-4-7(5-15)14-10/h1-4,15H,5H2,(H,13,14). The fourth-order valence-corrected chi connectivity index (χ4v) is 1.23. The van der Waals surface area contributed by atoms with Gasteiger partial charge in [-0.25, -0.2) is 13.8 Å². The fourth-order valence-electron chi connectivity index (χ4n) is 1.23.